The highest BCUT2D eigenvalue weighted by Crippen LogP contribution is 2.28. The van der Waals surface area contributed by atoms with E-state index in [0.717, 1.165) is 37.7 Å². The van der Waals surface area contributed by atoms with Crippen molar-refractivity contribution in [2.75, 3.05) is 71.8 Å². The van der Waals surface area contributed by atoms with Crippen LogP contribution in [0, 0.1) is 0 Å². The molecule has 0 spiro atoms. The number of carbonyl (C=O) groups excluding carboxylic acids is 2. The number of hydrogen-bond donors (Lipinski definition) is 2. The first-order valence-electron chi connectivity index (χ1n) is 12.8. The fourth-order valence-corrected chi connectivity index (χ4v) is 4.15. The molecule has 2 rings (SSSR count). The lowest BCUT2D eigenvalue weighted by molar-refractivity contribution is -0.000686. The number of ether oxygens (including phenoxy) is 4. The molecule has 3 N–H and O–H groups in total. The highest BCUT2D eigenvalue weighted by molar-refractivity contribution is 6.04. The molecule has 202 valence electrons. The van der Waals surface area contributed by atoms with Gasteiger partial charge in [-0.25, -0.2) is 0 Å². The van der Waals surface area contributed by atoms with Crippen LogP contribution in [0.4, 0.5) is 5.69 Å². The first-order chi connectivity index (χ1) is 17.5. The molecule has 1 aliphatic carbocycles. The summed E-state index contributed by atoms with van der Waals surface area (Å²) in [6.45, 7) is 11.0. The highest BCUT2D eigenvalue weighted by Gasteiger charge is 2.29. The molecule has 2 atom stereocenters. The number of anilines is 1. The number of rotatable bonds is 18. The highest BCUT2D eigenvalue weighted by atomic mass is 16.6. The van der Waals surface area contributed by atoms with E-state index in [1.807, 2.05) is 0 Å². The van der Waals surface area contributed by atoms with Gasteiger partial charge in [-0.15, -0.1) is 0 Å². The molecule has 1 aromatic rings. The van der Waals surface area contributed by atoms with Crippen molar-refractivity contribution in [2.24, 2.45) is 5.73 Å². The molecule has 0 aromatic heterocycles. The van der Waals surface area contributed by atoms with Crippen LogP contribution < -0.4 is 11.1 Å². The van der Waals surface area contributed by atoms with E-state index in [9.17, 15) is 9.59 Å². The molecule has 1 aromatic carbocycles. The van der Waals surface area contributed by atoms with Crippen LogP contribution in [0.3, 0.4) is 0 Å². The minimum Gasteiger partial charge on any atom is -0.382 e. The van der Waals surface area contributed by atoms with Gasteiger partial charge in [0, 0.05) is 31.9 Å². The number of nitrogens with zero attached hydrogens (tertiary/aromatic N) is 1. The number of amides is 1. The van der Waals surface area contributed by atoms with Crippen molar-refractivity contribution in [1.82, 2.24) is 4.90 Å². The summed E-state index contributed by atoms with van der Waals surface area (Å²) in [4.78, 5) is 26.8. The second-order valence-electron chi connectivity index (χ2n) is 8.89. The first kappa shape index (κ1) is 29.9. The predicted octanol–water partition coefficient (Wildman–Crippen LogP) is 2.90. The van der Waals surface area contributed by atoms with E-state index >= 15 is 0 Å². The summed E-state index contributed by atoms with van der Waals surface area (Å²) in [5.74, 6) is -0.201. The number of likely N-dealkylation sites (N-methyl/N-ethyl adjacent to an activating group) is 1. The second kappa shape index (κ2) is 17.2. The lowest BCUT2D eigenvalue weighted by Gasteiger charge is -2.35. The molecule has 0 saturated heterocycles. The Kier molecular flexibility index (Phi) is 14.3. The Morgan fingerprint density at radius 2 is 1.67 bits per heavy atom. The summed E-state index contributed by atoms with van der Waals surface area (Å²) in [7, 11) is 1.76. The SMILES string of the molecule is C=C1CC(N)CCC1N(C)C(=O)c1cccc(NCCOCCOCCOCCOCCC)c1C=O. The smallest absolute Gasteiger partial charge is 0.254 e. The summed E-state index contributed by atoms with van der Waals surface area (Å²) < 4.78 is 21.8. The van der Waals surface area contributed by atoms with Crippen molar-refractivity contribution in [3.63, 3.8) is 0 Å². The van der Waals surface area contributed by atoms with Crippen molar-refractivity contribution in [1.29, 1.82) is 0 Å². The van der Waals surface area contributed by atoms with Crippen LogP contribution in [-0.2, 0) is 18.9 Å². The lowest BCUT2D eigenvalue weighted by atomic mass is 9.86. The van der Waals surface area contributed by atoms with E-state index in [4.69, 9.17) is 24.7 Å². The molecule has 0 heterocycles. The van der Waals surface area contributed by atoms with Crippen LogP contribution in [0.25, 0.3) is 0 Å². The molecule has 1 saturated carbocycles. The summed E-state index contributed by atoms with van der Waals surface area (Å²) in [5, 5.41) is 3.20. The summed E-state index contributed by atoms with van der Waals surface area (Å²) in [6, 6.07) is 5.26. The van der Waals surface area contributed by atoms with Crippen molar-refractivity contribution in [2.45, 2.75) is 44.7 Å². The van der Waals surface area contributed by atoms with Crippen LogP contribution in [0.2, 0.25) is 0 Å². The molecule has 9 heteroatoms. The Morgan fingerprint density at radius 1 is 1.06 bits per heavy atom. The predicted molar refractivity (Wildman–Crippen MR) is 141 cm³/mol. The van der Waals surface area contributed by atoms with Gasteiger partial charge in [-0.05, 0) is 37.8 Å². The minimum atomic E-state index is -0.201. The quantitative estimate of drug-likeness (QED) is 0.178. The molecule has 0 bridgehead atoms. The number of carbonyl (C=O) groups is 2. The molecule has 1 aliphatic rings. The second-order valence-corrected chi connectivity index (χ2v) is 8.89. The van der Waals surface area contributed by atoms with Gasteiger partial charge in [-0.1, -0.05) is 25.1 Å². The maximum atomic E-state index is 13.2. The Labute approximate surface area is 215 Å². The van der Waals surface area contributed by atoms with Crippen LogP contribution >= 0.6 is 0 Å². The summed E-state index contributed by atoms with van der Waals surface area (Å²) >= 11 is 0. The normalized spacial score (nSPS) is 17.7. The maximum absolute atomic E-state index is 13.2. The van der Waals surface area contributed by atoms with Gasteiger partial charge < -0.3 is 34.9 Å². The third kappa shape index (κ3) is 9.99. The zero-order valence-electron chi connectivity index (χ0n) is 21.8. The molecule has 36 heavy (non-hydrogen) atoms. The fraction of sp³-hybridized carbons (Fsp3) is 0.630. The van der Waals surface area contributed by atoms with Crippen LogP contribution in [-0.4, -0.2) is 95.6 Å². The largest absolute Gasteiger partial charge is 0.382 e. The summed E-state index contributed by atoms with van der Waals surface area (Å²) in [5.41, 5.74) is 8.30. The maximum Gasteiger partial charge on any atom is 0.254 e. The number of nitrogens with two attached hydrogens (primary N) is 1. The van der Waals surface area contributed by atoms with Crippen molar-refractivity contribution in [3.05, 3.63) is 41.5 Å². The fourth-order valence-electron chi connectivity index (χ4n) is 4.15. The molecular weight excluding hydrogens is 462 g/mol. The van der Waals surface area contributed by atoms with E-state index < -0.39 is 0 Å². The van der Waals surface area contributed by atoms with Gasteiger partial charge >= 0.3 is 0 Å². The van der Waals surface area contributed by atoms with E-state index in [2.05, 4.69) is 18.8 Å². The monoisotopic (exact) mass is 505 g/mol. The van der Waals surface area contributed by atoms with Crippen LogP contribution in [0.1, 0.15) is 53.3 Å². The number of hydrogen-bond acceptors (Lipinski definition) is 8. The Hall–Kier alpha value is -2.30. The van der Waals surface area contributed by atoms with Gasteiger partial charge in [0.1, 0.15) is 0 Å². The van der Waals surface area contributed by atoms with E-state index in [1.165, 1.54) is 0 Å². The van der Waals surface area contributed by atoms with Gasteiger partial charge in [-0.2, -0.15) is 0 Å². The molecule has 9 nitrogen and oxygen atoms in total. The number of benzene rings is 1. The first-order valence-corrected chi connectivity index (χ1v) is 12.8. The molecular formula is C27H43N3O6. The standard InChI is InChI=1S/C27H43N3O6/c1-4-11-33-13-15-35-17-18-36-16-14-34-12-10-29-25-7-5-6-23(24(25)20-31)27(32)30(3)26-9-8-22(28)19-21(26)2/h5-7,20,22,26,29H,2,4,8-19,28H2,1,3H3. The van der Waals surface area contributed by atoms with E-state index in [-0.39, 0.29) is 18.0 Å². The average Bonchev–Trinajstić information content (AvgIpc) is 2.87. The van der Waals surface area contributed by atoms with Crippen molar-refractivity contribution in [3.8, 4) is 0 Å². The van der Waals surface area contributed by atoms with Gasteiger partial charge in [0.15, 0.2) is 6.29 Å². The zero-order chi connectivity index (χ0) is 26.2. The van der Waals surface area contributed by atoms with Gasteiger partial charge in [0.25, 0.3) is 5.91 Å². The summed E-state index contributed by atoms with van der Waals surface area (Å²) in [6.07, 6.45) is 4.06. The molecule has 0 aliphatic heterocycles. The van der Waals surface area contributed by atoms with Gasteiger partial charge in [0.2, 0.25) is 0 Å². The molecule has 0 radical (unpaired) electrons. The molecule has 1 fully saturated rings. The van der Waals surface area contributed by atoms with Crippen LogP contribution in [0.5, 0.6) is 0 Å². The van der Waals surface area contributed by atoms with Gasteiger partial charge in [0.05, 0.1) is 63.4 Å². The number of aldehydes is 1. The molecule has 2 unspecified atom stereocenters. The Balaban J connectivity index is 1.69. The Morgan fingerprint density at radius 3 is 2.25 bits per heavy atom. The average molecular weight is 506 g/mol. The lowest BCUT2D eigenvalue weighted by Crippen LogP contribution is -2.43. The van der Waals surface area contributed by atoms with Gasteiger partial charge in [-0.3, -0.25) is 9.59 Å². The third-order valence-electron chi connectivity index (χ3n) is 6.08. The number of nitrogens with one attached hydrogen (secondary N) is 1. The topological polar surface area (TPSA) is 112 Å². The van der Waals surface area contributed by atoms with Crippen molar-refractivity contribution >= 4 is 17.9 Å². The molecule has 1 amide bonds. The van der Waals surface area contributed by atoms with E-state index in [1.54, 1.807) is 30.1 Å². The third-order valence-corrected chi connectivity index (χ3v) is 6.08. The minimum absolute atomic E-state index is 0.0737. The van der Waals surface area contributed by atoms with Crippen molar-refractivity contribution < 1.29 is 28.5 Å². The zero-order valence-corrected chi connectivity index (χ0v) is 21.8. The van der Waals surface area contributed by atoms with E-state index in [0.29, 0.717) is 76.0 Å². The Bertz CT molecular complexity index is 819. The van der Waals surface area contributed by atoms with Crippen LogP contribution in [0.15, 0.2) is 30.4 Å².